The van der Waals surface area contributed by atoms with Crippen LogP contribution in [0.25, 0.3) is 0 Å². The number of rotatable bonds is 5. The first-order valence-electron chi connectivity index (χ1n) is 7.98. The number of alkyl halides is 3. The number of para-hydroxylation sites is 1. The van der Waals surface area contributed by atoms with Crippen LogP contribution in [0.3, 0.4) is 0 Å². The van der Waals surface area contributed by atoms with Crippen LogP contribution < -0.4 is 20.7 Å². The molecule has 0 bridgehead atoms. The number of carbonyl (C=O) groups is 2. The molecule has 0 unspecified atom stereocenters. The molecule has 27 heavy (non-hydrogen) atoms. The van der Waals surface area contributed by atoms with E-state index in [1.54, 1.807) is 32.0 Å². The van der Waals surface area contributed by atoms with E-state index in [4.69, 9.17) is 0 Å². The van der Waals surface area contributed by atoms with Gasteiger partial charge in [-0.15, -0.1) is 13.2 Å². The molecule has 2 rings (SSSR count). The summed E-state index contributed by atoms with van der Waals surface area (Å²) < 4.78 is 40.3. The molecule has 0 saturated carbocycles. The predicted octanol–water partition coefficient (Wildman–Crippen LogP) is 4.37. The molecule has 0 aliphatic rings. The Bertz CT molecular complexity index is 805. The lowest BCUT2D eigenvalue weighted by Gasteiger charge is -2.14. The van der Waals surface area contributed by atoms with Crippen LogP contribution in [0.2, 0.25) is 0 Å². The van der Waals surface area contributed by atoms with Crippen LogP contribution in [0.15, 0.2) is 48.5 Å². The van der Waals surface area contributed by atoms with Gasteiger partial charge in [-0.2, -0.15) is 0 Å². The number of hydrogen-bond acceptors (Lipinski definition) is 3. The number of urea groups is 1. The number of amides is 3. The van der Waals surface area contributed by atoms with Crippen molar-refractivity contribution < 1.29 is 27.5 Å². The third kappa shape index (κ3) is 6.53. The summed E-state index contributed by atoms with van der Waals surface area (Å²) in [7, 11) is 0. The van der Waals surface area contributed by atoms with Crippen molar-refractivity contribution in [3.05, 3.63) is 54.1 Å². The van der Waals surface area contributed by atoms with Gasteiger partial charge >= 0.3 is 12.4 Å². The first-order valence-corrected chi connectivity index (χ1v) is 7.98. The molecule has 0 aromatic heterocycles. The van der Waals surface area contributed by atoms with E-state index in [1.165, 1.54) is 18.2 Å². The Kier molecular flexibility index (Phi) is 6.27. The van der Waals surface area contributed by atoms with Gasteiger partial charge in [0.15, 0.2) is 0 Å². The van der Waals surface area contributed by atoms with Crippen molar-refractivity contribution in [1.29, 1.82) is 0 Å². The molecule has 144 valence electrons. The summed E-state index contributed by atoms with van der Waals surface area (Å²) in [5, 5.41) is 7.79. The summed E-state index contributed by atoms with van der Waals surface area (Å²) in [5.74, 6) is -0.923. The number of benzene rings is 2. The van der Waals surface area contributed by atoms with Gasteiger partial charge in [-0.25, -0.2) is 4.79 Å². The van der Waals surface area contributed by atoms with Crippen molar-refractivity contribution in [2.24, 2.45) is 0 Å². The number of hydrogen-bond donors (Lipinski definition) is 3. The topological polar surface area (TPSA) is 79.5 Å². The van der Waals surface area contributed by atoms with E-state index in [-0.39, 0.29) is 17.3 Å². The third-order valence-electron chi connectivity index (χ3n) is 3.19. The Hall–Kier alpha value is -3.23. The van der Waals surface area contributed by atoms with E-state index in [2.05, 4.69) is 20.7 Å². The zero-order valence-electron chi connectivity index (χ0n) is 14.6. The molecule has 3 amide bonds. The van der Waals surface area contributed by atoms with Crippen molar-refractivity contribution in [1.82, 2.24) is 5.32 Å². The summed E-state index contributed by atoms with van der Waals surface area (Å²) in [5.41, 5.74) is 0.771. The Morgan fingerprint density at radius 2 is 1.59 bits per heavy atom. The van der Waals surface area contributed by atoms with Gasteiger partial charge in [0.2, 0.25) is 0 Å². The second-order valence-corrected chi connectivity index (χ2v) is 5.83. The van der Waals surface area contributed by atoms with Gasteiger partial charge in [0, 0.05) is 11.7 Å². The van der Waals surface area contributed by atoms with E-state index in [9.17, 15) is 22.8 Å². The minimum absolute atomic E-state index is 0.0802. The molecular formula is C18H18F3N3O3. The average Bonchev–Trinajstić information content (AvgIpc) is 2.55. The standard InChI is InChI=1S/C18H18F3N3O3/c1-11(2)22-17(26)24-15-6-4-3-5-14(15)16(25)23-12-7-9-13(10-8-12)27-18(19,20)21/h3-11H,1-2H3,(H,23,25)(H2,22,24,26). The van der Waals surface area contributed by atoms with Gasteiger partial charge in [-0.05, 0) is 50.2 Å². The lowest BCUT2D eigenvalue weighted by molar-refractivity contribution is -0.274. The fraction of sp³-hybridized carbons (Fsp3) is 0.222. The van der Waals surface area contributed by atoms with Gasteiger partial charge in [0.1, 0.15) is 5.75 Å². The highest BCUT2D eigenvalue weighted by Gasteiger charge is 2.31. The first-order chi connectivity index (χ1) is 12.6. The maximum atomic E-state index is 12.5. The summed E-state index contributed by atoms with van der Waals surface area (Å²) in [6, 6.07) is 10.6. The zero-order valence-corrected chi connectivity index (χ0v) is 14.6. The lowest BCUT2D eigenvalue weighted by atomic mass is 10.1. The maximum Gasteiger partial charge on any atom is 0.573 e. The summed E-state index contributed by atoms with van der Waals surface area (Å²) in [4.78, 5) is 24.3. The molecule has 9 heteroatoms. The zero-order chi connectivity index (χ0) is 20.0. The van der Waals surface area contributed by atoms with Crippen LogP contribution in [-0.2, 0) is 0 Å². The molecule has 0 saturated heterocycles. The molecule has 0 fully saturated rings. The highest BCUT2D eigenvalue weighted by Crippen LogP contribution is 2.24. The van der Waals surface area contributed by atoms with Crippen LogP contribution in [0.1, 0.15) is 24.2 Å². The molecule has 0 spiro atoms. The quantitative estimate of drug-likeness (QED) is 0.720. The number of ether oxygens (including phenoxy) is 1. The molecule has 6 nitrogen and oxygen atoms in total. The molecule has 0 heterocycles. The molecular weight excluding hydrogens is 363 g/mol. The second kappa shape index (κ2) is 8.43. The van der Waals surface area contributed by atoms with E-state index < -0.39 is 24.1 Å². The maximum absolute atomic E-state index is 12.5. The summed E-state index contributed by atoms with van der Waals surface area (Å²) >= 11 is 0. The second-order valence-electron chi connectivity index (χ2n) is 5.83. The number of nitrogens with one attached hydrogen (secondary N) is 3. The summed E-state index contributed by atoms with van der Waals surface area (Å²) in [6.45, 7) is 3.59. The van der Waals surface area contributed by atoms with Crippen molar-refractivity contribution in [3.63, 3.8) is 0 Å². The largest absolute Gasteiger partial charge is 0.573 e. The van der Waals surface area contributed by atoms with E-state index in [0.717, 1.165) is 12.1 Å². The van der Waals surface area contributed by atoms with Crippen LogP contribution >= 0.6 is 0 Å². The van der Waals surface area contributed by atoms with Crippen molar-refractivity contribution in [2.75, 3.05) is 10.6 Å². The number of carbonyl (C=O) groups excluding carboxylic acids is 2. The van der Waals surface area contributed by atoms with Crippen molar-refractivity contribution in [2.45, 2.75) is 26.3 Å². The molecule has 0 aliphatic heterocycles. The fourth-order valence-corrected chi connectivity index (χ4v) is 2.15. The molecule has 0 radical (unpaired) electrons. The minimum Gasteiger partial charge on any atom is -0.406 e. The first kappa shape index (κ1) is 20.1. The highest BCUT2D eigenvalue weighted by atomic mass is 19.4. The van der Waals surface area contributed by atoms with E-state index in [0.29, 0.717) is 5.69 Å². The molecule has 3 N–H and O–H groups in total. The number of halogens is 3. The predicted molar refractivity (Wildman–Crippen MR) is 94.8 cm³/mol. The van der Waals surface area contributed by atoms with E-state index >= 15 is 0 Å². The highest BCUT2D eigenvalue weighted by molar-refractivity contribution is 6.10. The van der Waals surface area contributed by atoms with Gasteiger partial charge in [0.25, 0.3) is 5.91 Å². The van der Waals surface area contributed by atoms with Crippen LogP contribution in [0.4, 0.5) is 29.3 Å². The van der Waals surface area contributed by atoms with Gasteiger partial charge in [-0.1, -0.05) is 12.1 Å². The SMILES string of the molecule is CC(C)NC(=O)Nc1ccccc1C(=O)Nc1ccc(OC(F)(F)F)cc1. The Morgan fingerprint density at radius 1 is 0.963 bits per heavy atom. The van der Waals surface area contributed by atoms with Crippen LogP contribution in [0, 0.1) is 0 Å². The summed E-state index contributed by atoms with van der Waals surface area (Å²) in [6.07, 6.45) is -4.79. The van der Waals surface area contributed by atoms with Gasteiger partial charge < -0.3 is 20.7 Å². The lowest BCUT2D eigenvalue weighted by Crippen LogP contribution is -2.34. The Balaban J connectivity index is 2.09. The monoisotopic (exact) mass is 381 g/mol. The molecule has 2 aromatic carbocycles. The van der Waals surface area contributed by atoms with E-state index in [1.807, 2.05) is 0 Å². The Morgan fingerprint density at radius 3 is 2.19 bits per heavy atom. The van der Waals surface area contributed by atoms with Crippen LogP contribution in [-0.4, -0.2) is 24.3 Å². The third-order valence-corrected chi connectivity index (χ3v) is 3.19. The smallest absolute Gasteiger partial charge is 0.406 e. The van der Waals surface area contributed by atoms with Gasteiger partial charge in [-0.3, -0.25) is 4.79 Å². The minimum atomic E-state index is -4.79. The van der Waals surface area contributed by atoms with Crippen molar-refractivity contribution >= 4 is 23.3 Å². The Labute approximate surface area is 153 Å². The van der Waals surface area contributed by atoms with Crippen LogP contribution in [0.5, 0.6) is 5.75 Å². The normalized spacial score (nSPS) is 11.0. The molecule has 0 atom stereocenters. The number of anilines is 2. The average molecular weight is 381 g/mol. The van der Waals surface area contributed by atoms with Crippen molar-refractivity contribution in [3.8, 4) is 5.75 Å². The molecule has 2 aromatic rings. The van der Waals surface area contributed by atoms with Gasteiger partial charge in [0.05, 0.1) is 11.3 Å². The molecule has 0 aliphatic carbocycles. The fourth-order valence-electron chi connectivity index (χ4n) is 2.15.